The highest BCUT2D eigenvalue weighted by Gasteiger charge is 2.26. The van der Waals surface area contributed by atoms with E-state index in [2.05, 4.69) is 0 Å². The highest BCUT2D eigenvalue weighted by atomic mass is 19.1. The minimum atomic E-state index is -1.13. The van der Waals surface area contributed by atoms with E-state index < -0.39 is 17.6 Å². The molecule has 0 aromatic heterocycles. The van der Waals surface area contributed by atoms with Gasteiger partial charge in [-0.2, -0.15) is 5.26 Å². The van der Waals surface area contributed by atoms with Crippen LogP contribution in [0.3, 0.4) is 0 Å². The first-order chi connectivity index (χ1) is 9.61. The lowest BCUT2D eigenvalue weighted by atomic mass is 9.82. The van der Waals surface area contributed by atoms with Crippen LogP contribution >= 0.6 is 0 Å². The SMILES string of the molecule is N#CC(C(=O)CC1CCCCC1)c1ccc(F)cc1F. The molecule has 4 heteroatoms. The van der Waals surface area contributed by atoms with Gasteiger partial charge in [-0.25, -0.2) is 8.78 Å². The third-order valence-electron chi connectivity index (χ3n) is 3.94. The summed E-state index contributed by atoms with van der Waals surface area (Å²) in [6.45, 7) is 0. The highest BCUT2D eigenvalue weighted by molar-refractivity contribution is 5.88. The van der Waals surface area contributed by atoms with E-state index in [1.807, 2.05) is 6.07 Å². The first-order valence-corrected chi connectivity index (χ1v) is 6.99. The molecular weight excluding hydrogens is 260 g/mol. The smallest absolute Gasteiger partial charge is 0.154 e. The third-order valence-corrected chi connectivity index (χ3v) is 3.94. The van der Waals surface area contributed by atoms with Crippen molar-refractivity contribution in [3.8, 4) is 6.07 Å². The Morgan fingerprint density at radius 1 is 1.30 bits per heavy atom. The van der Waals surface area contributed by atoms with Crippen LogP contribution in [-0.4, -0.2) is 5.78 Å². The van der Waals surface area contributed by atoms with Gasteiger partial charge in [-0.3, -0.25) is 4.79 Å². The number of nitriles is 1. The van der Waals surface area contributed by atoms with Gasteiger partial charge in [0.2, 0.25) is 0 Å². The van der Waals surface area contributed by atoms with E-state index in [9.17, 15) is 13.6 Å². The van der Waals surface area contributed by atoms with Crippen LogP contribution in [0, 0.1) is 28.9 Å². The van der Waals surface area contributed by atoms with E-state index in [4.69, 9.17) is 5.26 Å². The third kappa shape index (κ3) is 3.41. The van der Waals surface area contributed by atoms with Crippen LogP contribution in [0.4, 0.5) is 8.78 Å². The summed E-state index contributed by atoms with van der Waals surface area (Å²) in [5, 5.41) is 9.14. The summed E-state index contributed by atoms with van der Waals surface area (Å²) in [5.41, 5.74) is -0.0188. The number of rotatable bonds is 4. The van der Waals surface area contributed by atoms with Gasteiger partial charge in [-0.05, 0) is 12.0 Å². The summed E-state index contributed by atoms with van der Waals surface area (Å²) in [4.78, 5) is 12.2. The van der Waals surface area contributed by atoms with E-state index in [1.165, 1.54) is 12.5 Å². The minimum absolute atomic E-state index is 0.0188. The number of hydrogen-bond donors (Lipinski definition) is 0. The first-order valence-electron chi connectivity index (χ1n) is 6.99. The Labute approximate surface area is 117 Å². The fourth-order valence-electron chi connectivity index (χ4n) is 2.84. The van der Waals surface area contributed by atoms with Crippen molar-refractivity contribution in [2.75, 3.05) is 0 Å². The number of ketones is 1. The zero-order valence-corrected chi connectivity index (χ0v) is 11.2. The molecule has 1 aliphatic carbocycles. The number of halogens is 2. The van der Waals surface area contributed by atoms with Gasteiger partial charge in [0.15, 0.2) is 5.78 Å². The number of hydrogen-bond acceptors (Lipinski definition) is 2. The predicted octanol–water partition coefficient (Wildman–Crippen LogP) is 4.11. The molecule has 0 amide bonds. The molecule has 1 unspecified atom stereocenters. The highest BCUT2D eigenvalue weighted by Crippen LogP contribution is 2.30. The number of carbonyl (C=O) groups excluding carboxylic acids is 1. The Balaban J connectivity index is 2.11. The monoisotopic (exact) mass is 277 g/mol. The van der Waals surface area contributed by atoms with Crippen LogP contribution < -0.4 is 0 Å². The van der Waals surface area contributed by atoms with Crippen molar-refractivity contribution >= 4 is 5.78 Å². The molecule has 0 aliphatic heterocycles. The molecule has 0 saturated heterocycles. The van der Waals surface area contributed by atoms with Crippen molar-refractivity contribution in [1.29, 1.82) is 5.26 Å². The quantitative estimate of drug-likeness (QED) is 0.831. The molecule has 2 nitrogen and oxygen atoms in total. The number of Topliss-reactive ketones (excluding diaryl/α,β-unsaturated/α-hetero) is 1. The first kappa shape index (κ1) is 14.6. The summed E-state index contributed by atoms with van der Waals surface area (Å²) < 4.78 is 26.6. The normalized spacial score (nSPS) is 17.4. The fraction of sp³-hybridized carbons (Fsp3) is 0.500. The standard InChI is InChI=1S/C16H17F2NO/c17-12-6-7-13(15(18)9-12)14(10-19)16(20)8-11-4-2-1-3-5-11/h6-7,9,11,14H,1-5,8H2. The van der Waals surface area contributed by atoms with Crippen molar-refractivity contribution in [3.63, 3.8) is 0 Å². The molecule has 1 aromatic carbocycles. The second kappa shape index (κ2) is 6.60. The molecule has 0 heterocycles. The summed E-state index contributed by atoms with van der Waals surface area (Å²) in [6.07, 6.45) is 5.72. The average Bonchev–Trinajstić information content (AvgIpc) is 2.43. The lowest BCUT2D eigenvalue weighted by Gasteiger charge is -2.21. The second-order valence-electron chi connectivity index (χ2n) is 5.40. The molecule has 1 fully saturated rings. The predicted molar refractivity (Wildman–Crippen MR) is 70.9 cm³/mol. The second-order valence-corrected chi connectivity index (χ2v) is 5.40. The van der Waals surface area contributed by atoms with Crippen LogP contribution in [0.1, 0.15) is 50.0 Å². The van der Waals surface area contributed by atoms with Crippen molar-refractivity contribution < 1.29 is 13.6 Å². The summed E-state index contributed by atoms with van der Waals surface area (Å²) >= 11 is 0. The van der Waals surface area contributed by atoms with Crippen molar-refractivity contribution in [1.82, 2.24) is 0 Å². The van der Waals surface area contributed by atoms with Crippen LogP contribution in [0.2, 0.25) is 0 Å². The van der Waals surface area contributed by atoms with Crippen LogP contribution in [0.25, 0.3) is 0 Å². The Morgan fingerprint density at radius 2 is 2.00 bits per heavy atom. The van der Waals surface area contributed by atoms with Crippen molar-refractivity contribution in [2.24, 2.45) is 5.92 Å². The van der Waals surface area contributed by atoms with Gasteiger partial charge in [-0.1, -0.05) is 38.2 Å². The molecule has 20 heavy (non-hydrogen) atoms. The van der Waals surface area contributed by atoms with Crippen molar-refractivity contribution in [3.05, 3.63) is 35.4 Å². The Bertz CT molecular complexity index is 530. The largest absolute Gasteiger partial charge is 0.298 e. The minimum Gasteiger partial charge on any atom is -0.298 e. The molecule has 0 radical (unpaired) electrons. The van der Waals surface area contributed by atoms with Gasteiger partial charge in [0.1, 0.15) is 17.6 Å². The molecule has 1 aliphatic rings. The van der Waals surface area contributed by atoms with Gasteiger partial charge in [0.05, 0.1) is 6.07 Å². The van der Waals surface area contributed by atoms with Crippen LogP contribution in [0.5, 0.6) is 0 Å². The van der Waals surface area contributed by atoms with Gasteiger partial charge in [0.25, 0.3) is 0 Å². The lowest BCUT2D eigenvalue weighted by molar-refractivity contribution is -0.120. The summed E-state index contributed by atoms with van der Waals surface area (Å²) in [5.74, 6) is -2.62. The van der Waals surface area contributed by atoms with Crippen LogP contribution in [-0.2, 0) is 4.79 Å². The van der Waals surface area contributed by atoms with Gasteiger partial charge >= 0.3 is 0 Å². The molecule has 106 valence electrons. The Kier molecular flexibility index (Phi) is 4.84. The Hall–Kier alpha value is -1.76. The van der Waals surface area contributed by atoms with Crippen LogP contribution in [0.15, 0.2) is 18.2 Å². The topological polar surface area (TPSA) is 40.9 Å². The van der Waals surface area contributed by atoms with E-state index in [1.54, 1.807) is 0 Å². The van der Waals surface area contributed by atoms with E-state index >= 15 is 0 Å². The van der Waals surface area contributed by atoms with E-state index in [0.717, 1.165) is 31.7 Å². The fourth-order valence-corrected chi connectivity index (χ4v) is 2.84. The molecule has 1 saturated carbocycles. The van der Waals surface area contributed by atoms with Gasteiger partial charge < -0.3 is 0 Å². The average molecular weight is 277 g/mol. The number of carbonyl (C=O) groups is 1. The zero-order valence-electron chi connectivity index (χ0n) is 11.2. The number of benzene rings is 1. The lowest BCUT2D eigenvalue weighted by Crippen LogP contribution is -2.18. The molecular formula is C16H17F2NO. The van der Waals surface area contributed by atoms with E-state index in [0.29, 0.717) is 18.4 Å². The molecule has 0 spiro atoms. The number of nitrogens with zero attached hydrogens (tertiary/aromatic N) is 1. The molecule has 1 atom stereocenters. The maximum atomic E-state index is 13.7. The van der Waals surface area contributed by atoms with Crippen molar-refractivity contribution in [2.45, 2.75) is 44.4 Å². The maximum absolute atomic E-state index is 13.7. The maximum Gasteiger partial charge on any atom is 0.154 e. The molecule has 0 bridgehead atoms. The Morgan fingerprint density at radius 3 is 2.60 bits per heavy atom. The van der Waals surface area contributed by atoms with Gasteiger partial charge in [-0.15, -0.1) is 0 Å². The molecule has 1 aromatic rings. The zero-order chi connectivity index (χ0) is 14.5. The molecule has 2 rings (SSSR count). The van der Waals surface area contributed by atoms with E-state index in [-0.39, 0.29) is 11.3 Å². The summed E-state index contributed by atoms with van der Waals surface area (Å²) in [7, 11) is 0. The molecule has 0 N–H and O–H groups in total. The van der Waals surface area contributed by atoms with Gasteiger partial charge in [0, 0.05) is 18.1 Å². The summed E-state index contributed by atoms with van der Waals surface area (Å²) in [6, 6.07) is 4.84.